The Hall–Kier alpha value is -3.08. The van der Waals surface area contributed by atoms with Gasteiger partial charge in [-0.3, -0.25) is 9.69 Å². The van der Waals surface area contributed by atoms with Crippen LogP contribution in [0.2, 0.25) is 0 Å². The van der Waals surface area contributed by atoms with Crippen molar-refractivity contribution in [3.8, 4) is 0 Å². The lowest BCUT2D eigenvalue weighted by Crippen LogP contribution is -2.52. The summed E-state index contributed by atoms with van der Waals surface area (Å²) in [7, 11) is 0. The van der Waals surface area contributed by atoms with Crippen molar-refractivity contribution in [2.75, 3.05) is 45.9 Å². The van der Waals surface area contributed by atoms with Crippen LogP contribution < -0.4 is 10.6 Å². The van der Waals surface area contributed by atoms with Gasteiger partial charge in [0.25, 0.3) is 5.91 Å². The molecule has 8 nitrogen and oxygen atoms in total. The predicted molar refractivity (Wildman–Crippen MR) is 104 cm³/mol. The molecule has 2 heterocycles. The lowest BCUT2D eigenvalue weighted by atomic mass is 10.1. The van der Waals surface area contributed by atoms with Crippen LogP contribution in [0.15, 0.2) is 35.5 Å². The van der Waals surface area contributed by atoms with Gasteiger partial charge in [0.1, 0.15) is 0 Å². The molecule has 1 saturated heterocycles. The molecule has 3 rings (SSSR count). The van der Waals surface area contributed by atoms with Crippen molar-refractivity contribution < 1.29 is 32.3 Å². The SMILES string of the molecule is CCOC(=O)C1=C(CN2CCN(C(=O)c3ccccc3C(F)(F)F)CC2)NC(=O)NC1. The molecule has 0 spiro atoms. The number of hydrogen-bond donors (Lipinski definition) is 2. The minimum absolute atomic E-state index is 0.0483. The molecular formula is C20H23F3N4O4. The van der Waals surface area contributed by atoms with Crippen molar-refractivity contribution >= 4 is 17.9 Å². The number of hydrogen-bond acceptors (Lipinski definition) is 5. The van der Waals surface area contributed by atoms with E-state index >= 15 is 0 Å². The van der Waals surface area contributed by atoms with Gasteiger partial charge in [-0.2, -0.15) is 13.2 Å². The molecule has 2 aliphatic rings. The van der Waals surface area contributed by atoms with Crippen molar-refractivity contribution in [2.45, 2.75) is 13.1 Å². The van der Waals surface area contributed by atoms with Crippen LogP contribution in [-0.2, 0) is 15.7 Å². The third kappa shape index (κ3) is 5.35. The van der Waals surface area contributed by atoms with Crippen LogP contribution in [0.4, 0.5) is 18.0 Å². The number of urea groups is 1. The molecule has 31 heavy (non-hydrogen) atoms. The number of ether oxygens (including phenoxy) is 1. The smallest absolute Gasteiger partial charge is 0.417 e. The molecule has 3 amide bonds. The molecular weight excluding hydrogens is 417 g/mol. The average molecular weight is 440 g/mol. The summed E-state index contributed by atoms with van der Waals surface area (Å²) in [6, 6.07) is 4.30. The van der Waals surface area contributed by atoms with Gasteiger partial charge in [0, 0.05) is 38.4 Å². The number of halogens is 3. The lowest BCUT2D eigenvalue weighted by molar-refractivity contribution is -0.139. The van der Waals surface area contributed by atoms with Gasteiger partial charge < -0.3 is 20.3 Å². The van der Waals surface area contributed by atoms with Gasteiger partial charge in [-0.05, 0) is 19.1 Å². The average Bonchev–Trinajstić information content (AvgIpc) is 2.73. The molecule has 2 aliphatic heterocycles. The minimum Gasteiger partial charge on any atom is -0.463 e. The Bertz CT molecular complexity index is 893. The first-order valence-electron chi connectivity index (χ1n) is 9.82. The number of benzene rings is 1. The topological polar surface area (TPSA) is 91.0 Å². The molecule has 1 fully saturated rings. The van der Waals surface area contributed by atoms with E-state index in [1.165, 1.54) is 23.1 Å². The van der Waals surface area contributed by atoms with E-state index in [1.54, 1.807) is 6.92 Å². The second-order valence-electron chi connectivity index (χ2n) is 7.10. The van der Waals surface area contributed by atoms with E-state index < -0.39 is 29.6 Å². The Morgan fingerprint density at radius 3 is 2.45 bits per heavy atom. The number of carbonyl (C=O) groups is 3. The summed E-state index contributed by atoms with van der Waals surface area (Å²) in [5, 5.41) is 5.14. The number of rotatable bonds is 5. The van der Waals surface area contributed by atoms with Crippen LogP contribution in [0.1, 0.15) is 22.8 Å². The van der Waals surface area contributed by atoms with Gasteiger partial charge in [0.05, 0.1) is 29.9 Å². The molecule has 11 heteroatoms. The van der Waals surface area contributed by atoms with Gasteiger partial charge >= 0.3 is 18.2 Å². The van der Waals surface area contributed by atoms with E-state index in [2.05, 4.69) is 10.6 Å². The Labute approximate surface area is 177 Å². The molecule has 168 valence electrons. The normalized spacial score (nSPS) is 17.8. The van der Waals surface area contributed by atoms with Crippen LogP contribution in [0, 0.1) is 0 Å². The van der Waals surface area contributed by atoms with Crippen molar-refractivity contribution in [2.24, 2.45) is 0 Å². The zero-order valence-corrected chi connectivity index (χ0v) is 16.9. The van der Waals surface area contributed by atoms with Gasteiger partial charge in [-0.15, -0.1) is 0 Å². The Morgan fingerprint density at radius 1 is 1.13 bits per heavy atom. The third-order valence-electron chi connectivity index (χ3n) is 5.08. The van der Waals surface area contributed by atoms with E-state index in [1.807, 2.05) is 4.90 Å². The second kappa shape index (κ2) is 9.38. The Morgan fingerprint density at radius 2 is 1.81 bits per heavy atom. The van der Waals surface area contributed by atoms with Crippen molar-refractivity contribution in [3.05, 3.63) is 46.7 Å². The molecule has 1 aromatic rings. The molecule has 0 radical (unpaired) electrons. The zero-order chi connectivity index (χ0) is 22.6. The third-order valence-corrected chi connectivity index (χ3v) is 5.08. The van der Waals surface area contributed by atoms with Gasteiger partial charge in [0.2, 0.25) is 0 Å². The summed E-state index contributed by atoms with van der Waals surface area (Å²) in [4.78, 5) is 39.8. The molecule has 0 aromatic heterocycles. The largest absolute Gasteiger partial charge is 0.463 e. The number of nitrogens with one attached hydrogen (secondary N) is 2. The summed E-state index contributed by atoms with van der Waals surface area (Å²) in [5.41, 5.74) is -0.589. The molecule has 0 atom stereocenters. The van der Waals surface area contributed by atoms with E-state index in [-0.39, 0.29) is 38.3 Å². The van der Waals surface area contributed by atoms with Crippen molar-refractivity contribution in [1.29, 1.82) is 0 Å². The molecule has 0 saturated carbocycles. The Balaban J connectivity index is 1.66. The van der Waals surface area contributed by atoms with Crippen molar-refractivity contribution in [1.82, 2.24) is 20.4 Å². The maximum atomic E-state index is 13.2. The first-order chi connectivity index (χ1) is 14.7. The van der Waals surface area contributed by atoms with Gasteiger partial charge in [-0.25, -0.2) is 9.59 Å². The minimum atomic E-state index is -4.61. The summed E-state index contributed by atoms with van der Waals surface area (Å²) < 4.78 is 44.7. The first-order valence-corrected chi connectivity index (χ1v) is 9.82. The number of esters is 1. The first kappa shape index (κ1) is 22.6. The highest BCUT2D eigenvalue weighted by Crippen LogP contribution is 2.32. The predicted octanol–water partition coefficient (Wildman–Crippen LogP) is 1.59. The number of carbonyl (C=O) groups excluding carboxylic acids is 3. The molecule has 0 aliphatic carbocycles. The summed E-state index contributed by atoms with van der Waals surface area (Å²) >= 11 is 0. The highest BCUT2D eigenvalue weighted by atomic mass is 19.4. The van der Waals surface area contributed by atoms with Crippen LogP contribution in [-0.4, -0.2) is 73.6 Å². The van der Waals surface area contributed by atoms with Crippen LogP contribution in [0.3, 0.4) is 0 Å². The zero-order valence-electron chi connectivity index (χ0n) is 16.9. The fourth-order valence-corrected chi connectivity index (χ4v) is 3.50. The van der Waals surface area contributed by atoms with E-state index in [0.717, 1.165) is 6.07 Å². The standard InChI is InChI=1S/C20H23F3N4O4/c1-2-31-18(29)14-11-24-19(30)25-16(14)12-26-7-9-27(10-8-26)17(28)13-5-3-4-6-15(13)20(21,22)23/h3-6H,2,7-12H2,1H3,(H2,24,25,30). The monoisotopic (exact) mass is 440 g/mol. The molecule has 0 unspecified atom stereocenters. The summed E-state index contributed by atoms with van der Waals surface area (Å²) in [5.74, 6) is -1.20. The summed E-state index contributed by atoms with van der Waals surface area (Å²) in [6.45, 7) is 3.38. The Kier molecular flexibility index (Phi) is 6.84. The highest BCUT2D eigenvalue weighted by Gasteiger charge is 2.36. The molecule has 1 aromatic carbocycles. The van der Waals surface area contributed by atoms with Crippen molar-refractivity contribution in [3.63, 3.8) is 0 Å². The number of nitrogens with zero attached hydrogens (tertiary/aromatic N) is 2. The maximum Gasteiger partial charge on any atom is 0.417 e. The van der Waals surface area contributed by atoms with Crippen LogP contribution >= 0.6 is 0 Å². The van der Waals surface area contributed by atoms with E-state index in [0.29, 0.717) is 24.4 Å². The van der Waals surface area contributed by atoms with Crippen LogP contribution in [0.25, 0.3) is 0 Å². The lowest BCUT2D eigenvalue weighted by Gasteiger charge is -2.36. The number of amides is 3. The quantitative estimate of drug-likeness (QED) is 0.679. The highest BCUT2D eigenvalue weighted by molar-refractivity contribution is 5.96. The van der Waals surface area contributed by atoms with Crippen LogP contribution in [0.5, 0.6) is 0 Å². The van der Waals surface area contributed by atoms with Gasteiger partial charge in [-0.1, -0.05) is 12.1 Å². The molecule has 2 N–H and O–H groups in total. The maximum absolute atomic E-state index is 13.2. The van der Waals surface area contributed by atoms with E-state index in [9.17, 15) is 27.6 Å². The van der Waals surface area contributed by atoms with E-state index in [4.69, 9.17) is 4.74 Å². The number of alkyl halides is 3. The fourth-order valence-electron chi connectivity index (χ4n) is 3.50. The van der Waals surface area contributed by atoms with Gasteiger partial charge in [0.15, 0.2) is 0 Å². The molecule has 0 bridgehead atoms. The second-order valence-corrected chi connectivity index (χ2v) is 7.10. The number of piperazine rings is 1. The fraction of sp³-hybridized carbons (Fsp3) is 0.450. The summed E-state index contributed by atoms with van der Waals surface area (Å²) in [6.07, 6.45) is -4.61.